The minimum Gasteiger partial charge on any atom is -0.350 e. The summed E-state index contributed by atoms with van der Waals surface area (Å²) < 4.78 is 0. The summed E-state index contributed by atoms with van der Waals surface area (Å²) in [6.07, 6.45) is 0.268. The van der Waals surface area contributed by atoms with E-state index in [0.717, 1.165) is 21.8 Å². The number of nitrogens with one attached hydrogen (secondary N) is 1. The standard InChI is InChI=1S/C23H23N3O2S/c1-16-7-9-17(10-8-16)13-26-14-19(11-21(26)27)22(28)24-12-20-15-29-23(25-20)18-5-3-2-4-6-18/h2-10,15,19H,11-14H2,1H3,(H,24,28). The van der Waals surface area contributed by atoms with Crippen LogP contribution in [0.3, 0.4) is 0 Å². The summed E-state index contributed by atoms with van der Waals surface area (Å²) >= 11 is 1.56. The molecule has 0 aliphatic carbocycles. The molecule has 1 aliphatic heterocycles. The molecule has 1 N–H and O–H groups in total. The maximum Gasteiger partial charge on any atom is 0.225 e. The molecule has 3 aromatic rings. The van der Waals surface area contributed by atoms with Gasteiger partial charge in [-0.15, -0.1) is 11.3 Å². The van der Waals surface area contributed by atoms with Crippen LogP contribution in [0.25, 0.3) is 10.6 Å². The number of rotatable bonds is 6. The molecule has 29 heavy (non-hydrogen) atoms. The number of benzene rings is 2. The van der Waals surface area contributed by atoms with Gasteiger partial charge in [0, 0.05) is 30.5 Å². The summed E-state index contributed by atoms with van der Waals surface area (Å²) in [4.78, 5) is 31.3. The Morgan fingerprint density at radius 1 is 1.17 bits per heavy atom. The molecule has 1 atom stereocenters. The molecule has 1 fully saturated rings. The second-order valence-electron chi connectivity index (χ2n) is 7.39. The number of hydrogen-bond donors (Lipinski definition) is 1. The van der Waals surface area contributed by atoms with Crippen molar-refractivity contribution in [2.75, 3.05) is 6.54 Å². The van der Waals surface area contributed by atoms with E-state index in [-0.39, 0.29) is 24.2 Å². The van der Waals surface area contributed by atoms with E-state index in [2.05, 4.69) is 10.3 Å². The van der Waals surface area contributed by atoms with Gasteiger partial charge in [0.25, 0.3) is 0 Å². The molecule has 0 bridgehead atoms. The average molecular weight is 406 g/mol. The molecular formula is C23H23N3O2S. The zero-order valence-corrected chi connectivity index (χ0v) is 17.1. The number of likely N-dealkylation sites (tertiary alicyclic amines) is 1. The summed E-state index contributed by atoms with van der Waals surface area (Å²) in [6, 6.07) is 18.1. The Morgan fingerprint density at radius 2 is 1.93 bits per heavy atom. The summed E-state index contributed by atoms with van der Waals surface area (Å²) in [7, 11) is 0. The van der Waals surface area contributed by atoms with Crippen molar-refractivity contribution in [2.45, 2.75) is 26.4 Å². The molecule has 2 heterocycles. The lowest BCUT2D eigenvalue weighted by atomic mass is 10.1. The molecule has 1 unspecified atom stereocenters. The minimum absolute atomic E-state index is 0.0331. The monoisotopic (exact) mass is 405 g/mol. The smallest absolute Gasteiger partial charge is 0.225 e. The number of nitrogens with zero attached hydrogens (tertiary/aromatic N) is 2. The zero-order chi connectivity index (χ0) is 20.2. The Morgan fingerprint density at radius 3 is 2.69 bits per heavy atom. The molecule has 0 spiro atoms. The van der Waals surface area contributed by atoms with Gasteiger partial charge in [0.15, 0.2) is 0 Å². The number of hydrogen-bond acceptors (Lipinski definition) is 4. The van der Waals surface area contributed by atoms with E-state index in [0.29, 0.717) is 19.6 Å². The molecule has 148 valence electrons. The van der Waals surface area contributed by atoms with Crippen molar-refractivity contribution in [1.82, 2.24) is 15.2 Å². The predicted octanol–water partition coefficient (Wildman–Crippen LogP) is 3.78. The quantitative estimate of drug-likeness (QED) is 0.679. The number of aromatic nitrogens is 1. The zero-order valence-electron chi connectivity index (χ0n) is 16.3. The van der Waals surface area contributed by atoms with E-state index in [1.54, 1.807) is 16.2 Å². The van der Waals surface area contributed by atoms with Crippen LogP contribution in [0.4, 0.5) is 0 Å². The summed E-state index contributed by atoms with van der Waals surface area (Å²) in [5.41, 5.74) is 4.18. The highest BCUT2D eigenvalue weighted by atomic mass is 32.1. The number of amides is 2. The van der Waals surface area contributed by atoms with Gasteiger partial charge >= 0.3 is 0 Å². The van der Waals surface area contributed by atoms with Crippen molar-refractivity contribution < 1.29 is 9.59 Å². The van der Waals surface area contributed by atoms with E-state index in [1.807, 2.05) is 66.9 Å². The van der Waals surface area contributed by atoms with Crippen molar-refractivity contribution in [3.05, 3.63) is 76.8 Å². The fraction of sp³-hybridized carbons (Fsp3) is 0.261. The van der Waals surface area contributed by atoms with Crippen molar-refractivity contribution >= 4 is 23.2 Å². The van der Waals surface area contributed by atoms with Crippen LogP contribution in [0, 0.1) is 12.8 Å². The van der Waals surface area contributed by atoms with Gasteiger partial charge in [0.05, 0.1) is 18.2 Å². The van der Waals surface area contributed by atoms with Crippen molar-refractivity contribution in [3.8, 4) is 10.6 Å². The van der Waals surface area contributed by atoms with Gasteiger partial charge in [-0.1, -0.05) is 60.2 Å². The molecule has 0 radical (unpaired) electrons. The third kappa shape index (κ3) is 4.71. The fourth-order valence-electron chi connectivity index (χ4n) is 3.44. The topological polar surface area (TPSA) is 62.3 Å². The first-order valence-corrected chi connectivity index (χ1v) is 10.6. The van der Waals surface area contributed by atoms with Gasteiger partial charge in [0.1, 0.15) is 5.01 Å². The highest BCUT2D eigenvalue weighted by molar-refractivity contribution is 7.13. The molecule has 2 aromatic carbocycles. The van der Waals surface area contributed by atoms with E-state index in [9.17, 15) is 9.59 Å². The highest BCUT2D eigenvalue weighted by Gasteiger charge is 2.34. The predicted molar refractivity (Wildman–Crippen MR) is 114 cm³/mol. The van der Waals surface area contributed by atoms with Crippen LogP contribution < -0.4 is 5.32 Å². The number of thiazole rings is 1. The maximum absolute atomic E-state index is 12.6. The Balaban J connectivity index is 1.31. The van der Waals surface area contributed by atoms with E-state index in [4.69, 9.17) is 0 Å². The molecule has 4 rings (SSSR count). The number of aryl methyl sites for hydroxylation is 1. The molecule has 0 saturated carbocycles. The van der Waals surface area contributed by atoms with Gasteiger partial charge in [-0.2, -0.15) is 0 Å². The molecule has 1 aliphatic rings. The van der Waals surface area contributed by atoms with Gasteiger partial charge in [-0.25, -0.2) is 4.98 Å². The first-order valence-electron chi connectivity index (χ1n) is 9.69. The van der Waals surface area contributed by atoms with Crippen molar-refractivity contribution in [1.29, 1.82) is 0 Å². The molecule has 1 saturated heterocycles. The second kappa shape index (κ2) is 8.57. The SMILES string of the molecule is Cc1ccc(CN2CC(C(=O)NCc3csc(-c4ccccc4)n3)CC2=O)cc1. The van der Waals surface area contributed by atoms with Gasteiger partial charge in [-0.3, -0.25) is 9.59 Å². The minimum atomic E-state index is -0.305. The van der Waals surface area contributed by atoms with Crippen LogP contribution in [0.15, 0.2) is 60.0 Å². The summed E-state index contributed by atoms with van der Waals surface area (Å²) in [5.74, 6) is -0.357. The van der Waals surface area contributed by atoms with Crippen LogP contribution in [0.5, 0.6) is 0 Å². The van der Waals surface area contributed by atoms with E-state index >= 15 is 0 Å². The van der Waals surface area contributed by atoms with Crippen LogP contribution in [-0.4, -0.2) is 28.2 Å². The second-order valence-corrected chi connectivity index (χ2v) is 8.25. The van der Waals surface area contributed by atoms with E-state index < -0.39 is 0 Å². The molecular weight excluding hydrogens is 382 g/mol. The normalized spacial score (nSPS) is 16.2. The van der Waals surface area contributed by atoms with Crippen LogP contribution in [-0.2, 0) is 22.7 Å². The van der Waals surface area contributed by atoms with Gasteiger partial charge in [0.2, 0.25) is 11.8 Å². The molecule has 6 heteroatoms. The van der Waals surface area contributed by atoms with Crippen molar-refractivity contribution in [2.24, 2.45) is 5.92 Å². The maximum atomic E-state index is 12.6. The average Bonchev–Trinajstić information content (AvgIpc) is 3.36. The Kier molecular flexibility index (Phi) is 5.71. The summed E-state index contributed by atoms with van der Waals surface area (Å²) in [6.45, 7) is 3.43. The Labute approximate surface area is 174 Å². The largest absolute Gasteiger partial charge is 0.350 e. The molecule has 1 aromatic heterocycles. The number of carbonyl (C=O) groups excluding carboxylic acids is 2. The molecule has 2 amide bonds. The van der Waals surface area contributed by atoms with Gasteiger partial charge in [-0.05, 0) is 12.5 Å². The fourth-order valence-corrected chi connectivity index (χ4v) is 4.26. The van der Waals surface area contributed by atoms with Crippen LogP contribution in [0.2, 0.25) is 0 Å². The third-order valence-electron chi connectivity index (χ3n) is 5.10. The lowest BCUT2D eigenvalue weighted by Crippen LogP contribution is -2.32. The van der Waals surface area contributed by atoms with Crippen LogP contribution >= 0.6 is 11.3 Å². The molecule has 5 nitrogen and oxygen atoms in total. The van der Waals surface area contributed by atoms with Gasteiger partial charge < -0.3 is 10.2 Å². The van der Waals surface area contributed by atoms with E-state index in [1.165, 1.54) is 5.56 Å². The Hall–Kier alpha value is -2.99. The summed E-state index contributed by atoms with van der Waals surface area (Å²) in [5, 5.41) is 5.85. The highest BCUT2D eigenvalue weighted by Crippen LogP contribution is 2.24. The van der Waals surface area contributed by atoms with Crippen molar-refractivity contribution in [3.63, 3.8) is 0 Å². The number of carbonyl (C=O) groups is 2. The van der Waals surface area contributed by atoms with Crippen LogP contribution in [0.1, 0.15) is 23.2 Å². The first kappa shape index (κ1) is 19.3. The third-order valence-corrected chi connectivity index (χ3v) is 6.04. The lowest BCUT2D eigenvalue weighted by molar-refractivity contribution is -0.129. The lowest BCUT2D eigenvalue weighted by Gasteiger charge is -2.16. The Bertz CT molecular complexity index is 998. The first-order chi connectivity index (χ1) is 14.1.